The standard InChI is InChI=1S/C29H44N2O7/c1-16-9-22-12-24(13-25(34)20(22)5)31-28(36)17(2)7-6-8-21(14-32)27(38-29(30)37)19(4)11-18(3)26(35)23(10-16)15-33/h7,11-13,16,18,21,23,26-27,32-35H,6,8-10,14-15H2,1-5H3,(H2,30,37)(H,31,36)/t16-,18+,21-,23-,26-,27+/m1/s1. The Morgan fingerprint density at radius 2 is 1.79 bits per heavy atom. The van der Waals surface area contributed by atoms with Crippen LogP contribution in [0, 0.1) is 30.6 Å². The maximum absolute atomic E-state index is 12.8. The molecule has 38 heavy (non-hydrogen) atoms. The van der Waals surface area contributed by atoms with Crippen LogP contribution >= 0.6 is 0 Å². The van der Waals surface area contributed by atoms with Gasteiger partial charge < -0.3 is 36.2 Å². The molecule has 1 aromatic carbocycles. The first-order valence-electron chi connectivity index (χ1n) is 13.2. The fourth-order valence-corrected chi connectivity index (χ4v) is 5.24. The first kappa shape index (κ1) is 31.3. The van der Waals surface area contributed by atoms with Crippen molar-refractivity contribution in [2.75, 3.05) is 18.5 Å². The largest absolute Gasteiger partial charge is 0.508 e. The summed E-state index contributed by atoms with van der Waals surface area (Å²) in [5, 5.41) is 44.6. The lowest BCUT2D eigenvalue weighted by Gasteiger charge is -2.30. The molecule has 2 rings (SSSR count). The molecule has 1 aromatic rings. The number of carbonyl (C=O) groups is 2. The van der Waals surface area contributed by atoms with Gasteiger partial charge in [0.05, 0.1) is 6.10 Å². The molecular weight excluding hydrogens is 488 g/mol. The molecule has 212 valence electrons. The second-order valence-electron chi connectivity index (χ2n) is 10.7. The quantitative estimate of drug-likeness (QED) is 0.324. The normalized spacial score (nSPS) is 28.2. The molecule has 0 unspecified atom stereocenters. The molecule has 0 aliphatic carbocycles. The third-order valence-electron chi connectivity index (χ3n) is 7.50. The van der Waals surface area contributed by atoms with Crippen LogP contribution in [0.4, 0.5) is 10.5 Å². The lowest BCUT2D eigenvalue weighted by Crippen LogP contribution is -2.34. The number of ether oxygens (including phenoxy) is 1. The van der Waals surface area contributed by atoms with Gasteiger partial charge in [0.15, 0.2) is 0 Å². The highest BCUT2D eigenvalue weighted by molar-refractivity contribution is 6.03. The maximum Gasteiger partial charge on any atom is 0.405 e. The summed E-state index contributed by atoms with van der Waals surface area (Å²) in [7, 11) is 0. The van der Waals surface area contributed by atoms with Gasteiger partial charge in [-0.1, -0.05) is 26.0 Å². The number of hydrogen-bond acceptors (Lipinski definition) is 7. The SMILES string of the molecule is CC1=CCC[C@H](CO)[C@@H](OC(N)=O)C(C)=C[C@H](C)[C@@H](O)[C@@H](CO)C[C@H](C)Cc2cc(cc(O)c2C)NC1=O. The van der Waals surface area contributed by atoms with Crippen LogP contribution in [0.2, 0.25) is 0 Å². The van der Waals surface area contributed by atoms with Crippen molar-refractivity contribution in [1.82, 2.24) is 0 Å². The van der Waals surface area contributed by atoms with E-state index < -0.39 is 30.1 Å². The van der Waals surface area contributed by atoms with Crippen LogP contribution in [0.3, 0.4) is 0 Å². The summed E-state index contributed by atoms with van der Waals surface area (Å²) >= 11 is 0. The highest BCUT2D eigenvalue weighted by Crippen LogP contribution is 2.31. The van der Waals surface area contributed by atoms with Crippen LogP contribution in [-0.2, 0) is 16.0 Å². The van der Waals surface area contributed by atoms with E-state index >= 15 is 0 Å². The highest BCUT2D eigenvalue weighted by atomic mass is 16.6. The van der Waals surface area contributed by atoms with Gasteiger partial charge in [0, 0.05) is 48.3 Å². The molecule has 0 fully saturated rings. The van der Waals surface area contributed by atoms with E-state index in [0.717, 1.165) is 11.1 Å². The van der Waals surface area contributed by atoms with E-state index in [1.54, 1.807) is 26.0 Å². The summed E-state index contributed by atoms with van der Waals surface area (Å²) in [6.07, 6.45) is 2.84. The number of fused-ring (bicyclic) bond motifs is 2. The summed E-state index contributed by atoms with van der Waals surface area (Å²) in [4.78, 5) is 24.5. The zero-order chi connectivity index (χ0) is 28.6. The molecular formula is C29H44N2O7. The molecule has 2 amide bonds. The van der Waals surface area contributed by atoms with Crippen molar-refractivity contribution in [3.63, 3.8) is 0 Å². The number of aliphatic hydroxyl groups is 3. The van der Waals surface area contributed by atoms with Crippen LogP contribution in [0.1, 0.15) is 58.1 Å². The summed E-state index contributed by atoms with van der Waals surface area (Å²) < 4.78 is 5.37. The summed E-state index contributed by atoms with van der Waals surface area (Å²) in [6.45, 7) is 8.61. The van der Waals surface area contributed by atoms with Gasteiger partial charge in [-0.15, -0.1) is 0 Å². The number of anilines is 1. The first-order valence-corrected chi connectivity index (χ1v) is 13.2. The Balaban J connectivity index is 2.51. The van der Waals surface area contributed by atoms with Crippen LogP contribution in [-0.4, -0.2) is 57.8 Å². The number of amides is 2. The van der Waals surface area contributed by atoms with E-state index in [-0.39, 0.29) is 36.7 Å². The number of primary amides is 1. The second kappa shape index (κ2) is 14.3. The van der Waals surface area contributed by atoms with E-state index in [9.17, 15) is 30.0 Å². The van der Waals surface area contributed by atoms with Crippen molar-refractivity contribution in [1.29, 1.82) is 0 Å². The van der Waals surface area contributed by atoms with Crippen LogP contribution < -0.4 is 11.1 Å². The molecule has 9 heteroatoms. The van der Waals surface area contributed by atoms with Crippen molar-refractivity contribution in [3.8, 4) is 5.75 Å². The van der Waals surface area contributed by atoms with Gasteiger partial charge in [-0.25, -0.2) is 4.79 Å². The summed E-state index contributed by atoms with van der Waals surface area (Å²) in [5.41, 5.74) is 8.50. The van der Waals surface area contributed by atoms with Gasteiger partial charge in [-0.05, 0) is 75.1 Å². The fourth-order valence-electron chi connectivity index (χ4n) is 5.24. The number of phenolic OH excluding ortho intramolecular Hbond substituents is 1. The monoisotopic (exact) mass is 532 g/mol. The fraction of sp³-hybridized carbons (Fsp3) is 0.586. The highest BCUT2D eigenvalue weighted by Gasteiger charge is 2.29. The Bertz CT molecular complexity index is 1040. The number of nitrogens with two attached hydrogens (primary N) is 1. The van der Waals surface area contributed by atoms with Crippen molar-refractivity contribution in [3.05, 3.63) is 46.6 Å². The minimum atomic E-state index is -0.971. The number of allylic oxidation sites excluding steroid dienone is 1. The minimum Gasteiger partial charge on any atom is -0.508 e. The molecule has 7 N–H and O–H groups in total. The molecule has 1 heterocycles. The Labute approximate surface area is 225 Å². The molecule has 0 spiro atoms. The Morgan fingerprint density at radius 3 is 2.39 bits per heavy atom. The number of benzene rings is 1. The van der Waals surface area contributed by atoms with Gasteiger partial charge in [0.2, 0.25) is 0 Å². The number of rotatable bonds is 3. The number of nitrogens with one attached hydrogen (secondary N) is 1. The lowest BCUT2D eigenvalue weighted by molar-refractivity contribution is -0.112. The third-order valence-corrected chi connectivity index (χ3v) is 7.50. The van der Waals surface area contributed by atoms with Crippen molar-refractivity contribution in [2.45, 2.75) is 72.5 Å². The molecule has 0 saturated carbocycles. The summed E-state index contributed by atoms with van der Waals surface area (Å²) in [6, 6.07) is 3.36. The Kier molecular flexibility index (Phi) is 11.8. The smallest absolute Gasteiger partial charge is 0.405 e. The van der Waals surface area contributed by atoms with Crippen LogP contribution in [0.15, 0.2) is 35.4 Å². The number of aromatic hydroxyl groups is 1. The van der Waals surface area contributed by atoms with Crippen molar-refractivity contribution in [2.24, 2.45) is 29.4 Å². The predicted octanol–water partition coefficient (Wildman–Crippen LogP) is 3.57. The molecule has 6 atom stereocenters. The molecule has 0 radical (unpaired) electrons. The van der Waals surface area contributed by atoms with E-state index in [0.29, 0.717) is 42.5 Å². The molecule has 0 saturated heterocycles. The zero-order valence-corrected chi connectivity index (χ0v) is 23.1. The zero-order valence-electron chi connectivity index (χ0n) is 23.1. The average Bonchev–Trinajstić information content (AvgIpc) is 2.85. The molecule has 1 aliphatic heterocycles. The molecule has 9 nitrogen and oxygen atoms in total. The van der Waals surface area contributed by atoms with E-state index in [1.165, 1.54) is 6.07 Å². The second-order valence-corrected chi connectivity index (χ2v) is 10.7. The van der Waals surface area contributed by atoms with Gasteiger partial charge in [0.25, 0.3) is 5.91 Å². The lowest BCUT2D eigenvalue weighted by atomic mass is 9.82. The van der Waals surface area contributed by atoms with Crippen molar-refractivity contribution >= 4 is 17.7 Å². The van der Waals surface area contributed by atoms with E-state index in [4.69, 9.17) is 10.5 Å². The number of carbonyl (C=O) groups excluding carboxylic acids is 2. The Hall–Kier alpha value is -2.88. The molecule has 1 aliphatic rings. The topological polar surface area (TPSA) is 162 Å². The average molecular weight is 533 g/mol. The summed E-state index contributed by atoms with van der Waals surface area (Å²) in [5.74, 6) is -1.46. The van der Waals surface area contributed by atoms with Crippen LogP contribution in [0.5, 0.6) is 5.75 Å². The van der Waals surface area contributed by atoms with Gasteiger partial charge in [0.1, 0.15) is 11.9 Å². The first-order chi connectivity index (χ1) is 17.9. The van der Waals surface area contributed by atoms with Gasteiger partial charge in [-0.2, -0.15) is 0 Å². The predicted molar refractivity (Wildman–Crippen MR) is 146 cm³/mol. The molecule has 2 bridgehead atoms. The minimum absolute atomic E-state index is 0.0524. The van der Waals surface area contributed by atoms with Gasteiger partial charge in [-0.3, -0.25) is 4.79 Å². The van der Waals surface area contributed by atoms with Crippen LogP contribution in [0.25, 0.3) is 0 Å². The van der Waals surface area contributed by atoms with E-state index in [2.05, 4.69) is 5.32 Å². The third kappa shape index (κ3) is 8.58. The Morgan fingerprint density at radius 1 is 1.13 bits per heavy atom. The number of aliphatic hydroxyl groups excluding tert-OH is 3. The van der Waals surface area contributed by atoms with Gasteiger partial charge >= 0.3 is 6.09 Å². The maximum atomic E-state index is 12.8. The number of hydrogen-bond donors (Lipinski definition) is 6. The molecule has 0 aromatic heterocycles. The van der Waals surface area contributed by atoms with E-state index in [1.807, 2.05) is 26.8 Å². The number of phenols is 1. The van der Waals surface area contributed by atoms with Crippen molar-refractivity contribution < 1.29 is 34.8 Å².